The molecular formula is C27H32N2O5. The molecule has 0 saturated carbocycles. The number of carboxylic acid groups (broad SMARTS) is 1. The molecule has 2 unspecified atom stereocenters. The van der Waals surface area contributed by atoms with E-state index in [0.717, 1.165) is 35.1 Å². The average molecular weight is 465 g/mol. The van der Waals surface area contributed by atoms with Crippen LogP contribution in [0.3, 0.4) is 0 Å². The maximum Gasteiger partial charge on any atom is 0.407 e. The summed E-state index contributed by atoms with van der Waals surface area (Å²) < 4.78 is 5.56. The molecule has 2 aliphatic rings. The van der Waals surface area contributed by atoms with Crippen LogP contribution in [-0.4, -0.2) is 53.7 Å². The number of rotatable bonds is 6. The molecule has 1 saturated heterocycles. The molecule has 2 atom stereocenters. The topological polar surface area (TPSA) is 95.9 Å². The quantitative estimate of drug-likeness (QED) is 0.666. The Kier molecular flexibility index (Phi) is 6.64. The van der Waals surface area contributed by atoms with Crippen molar-refractivity contribution in [3.63, 3.8) is 0 Å². The Morgan fingerprint density at radius 1 is 1.09 bits per heavy atom. The van der Waals surface area contributed by atoms with Gasteiger partial charge in [0, 0.05) is 19.0 Å². The number of aliphatic carboxylic acids is 1. The van der Waals surface area contributed by atoms with Gasteiger partial charge < -0.3 is 20.1 Å². The summed E-state index contributed by atoms with van der Waals surface area (Å²) in [5.74, 6) is -1.27. The fourth-order valence-corrected chi connectivity index (χ4v) is 5.09. The van der Waals surface area contributed by atoms with E-state index in [1.54, 1.807) is 25.7 Å². The van der Waals surface area contributed by atoms with E-state index in [1.165, 1.54) is 0 Å². The van der Waals surface area contributed by atoms with Crippen LogP contribution in [0.5, 0.6) is 0 Å². The van der Waals surface area contributed by atoms with Gasteiger partial charge in [-0.15, -0.1) is 0 Å². The van der Waals surface area contributed by atoms with Crippen LogP contribution in [0, 0.1) is 11.3 Å². The van der Waals surface area contributed by atoms with Crippen LogP contribution in [0.15, 0.2) is 48.5 Å². The molecule has 2 amide bonds. The molecule has 1 aliphatic heterocycles. The minimum absolute atomic E-state index is 0.0507. The molecule has 2 aromatic rings. The summed E-state index contributed by atoms with van der Waals surface area (Å²) in [6.45, 7) is 6.14. The highest BCUT2D eigenvalue weighted by Gasteiger charge is 2.40. The lowest BCUT2D eigenvalue weighted by molar-refractivity contribution is -0.153. The van der Waals surface area contributed by atoms with Crippen LogP contribution < -0.4 is 5.32 Å². The van der Waals surface area contributed by atoms with E-state index in [9.17, 15) is 19.5 Å². The van der Waals surface area contributed by atoms with E-state index in [2.05, 4.69) is 29.6 Å². The van der Waals surface area contributed by atoms with Crippen molar-refractivity contribution in [3.05, 3.63) is 59.7 Å². The second kappa shape index (κ2) is 9.49. The van der Waals surface area contributed by atoms with Gasteiger partial charge in [-0.3, -0.25) is 9.59 Å². The summed E-state index contributed by atoms with van der Waals surface area (Å²) in [6.07, 6.45) is 0.865. The minimum atomic E-state index is -0.914. The molecule has 1 heterocycles. The summed E-state index contributed by atoms with van der Waals surface area (Å²) >= 11 is 0. The zero-order chi connectivity index (χ0) is 24.5. The van der Waals surface area contributed by atoms with E-state index >= 15 is 0 Å². The predicted octanol–water partition coefficient (Wildman–Crippen LogP) is 4.26. The number of carbonyl (C=O) groups is 3. The van der Waals surface area contributed by atoms with Gasteiger partial charge in [0.2, 0.25) is 5.91 Å². The van der Waals surface area contributed by atoms with Crippen LogP contribution in [0.25, 0.3) is 11.1 Å². The fourth-order valence-electron chi connectivity index (χ4n) is 5.09. The van der Waals surface area contributed by atoms with Crippen LogP contribution in [0.1, 0.15) is 50.7 Å². The van der Waals surface area contributed by atoms with Crippen molar-refractivity contribution in [1.82, 2.24) is 10.2 Å². The van der Waals surface area contributed by atoms with Crippen molar-refractivity contribution >= 4 is 18.0 Å². The molecule has 0 spiro atoms. The number of ether oxygens (including phenoxy) is 1. The number of nitrogens with one attached hydrogen (secondary N) is 1. The summed E-state index contributed by atoms with van der Waals surface area (Å²) in [5.41, 5.74) is 3.64. The highest BCUT2D eigenvalue weighted by Crippen LogP contribution is 2.44. The molecule has 0 aromatic heterocycles. The smallest absolute Gasteiger partial charge is 0.407 e. The number of amides is 2. The molecule has 1 aliphatic carbocycles. The maximum absolute atomic E-state index is 13.0. The van der Waals surface area contributed by atoms with Gasteiger partial charge in [-0.1, -0.05) is 48.5 Å². The van der Waals surface area contributed by atoms with E-state index in [-0.39, 0.29) is 24.3 Å². The Balaban J connectivity index is 1.35. The number of carboxylic acids is 1. The first-order chi connectivity index (χ1) is 16.2. The van der Waals surface area contributed by atoms with Gasteiger partial charge in [-0.25, -0.2) is 4.79 Å². The van der Waals surface area contributed by atoms with Crippen molar-refractivity contribution in [3.8, 4) is 11.1 Å². The number of benzene rings is 2. The van der Waals surface area contributed by atoms with Crippen LogP contribution in [0.4, 0.5) is 4.79 Å². The molecule has 7 nitrogen and oxygen atoms in total. The lowest BCUT2D eigenvalue weighted by Gasteiger charge is -2.40. The van der Waals surface area contributed by atoms with E-state index in [4.69, 9.17) is 4.74 Å². The lowest BCUT2D eigenvalue weighted by atomic mass is 9.74. The zero-order valence-electron chi connectivity index (χ0n) is 19.9. The number of piperidine rings is 1. The lowest BCUT2D eigenvalue weighted by Crippen LogP contribution is -2.52. The summed E-state index contributed by atoms with van der Waals surface area (Å²) in [5, 5.41) is 12.2. The number of carbonyl (C=O) groups excluding carboxylic acids is 2. The fraction of sp³-hybridized carbons (Fsp3) is 0.444. The van der Waals surface area contributed by atoms with Gasteiger partial charge >= 0.3 is 12.1 Å². The summed E-state index contributed by atoms with van der Waals surface area (Å²) in [6, 6.07) is 15.5. The van der Waals surface area contributed by atoms with E-state index in [1.807, 2.05) is 24.3 Å². The first-order valence-corrected chi connectivity index (χ1v) is 11.8. The maximum atomic E-state index is 13.0. The number of fused-ring (bicyclic) bond motifs is 3. The monoisotopic (exact) mass is 464 g/mol. The number of hydrogen-bond donors (Lipinski definition) is 2. The molecular weight excluding hydrogens is 432 g/mol. The zero-order valence-corrected chi connectivity index (χ0v) is 19.9. The third-order valence-electron chi connectivity index (χ3n) is 7.35. The Hall–Kier alpha value is -3.35. The molecule has 0 radical (unpaired) electrons. The molecule has 2 aromatic carbocycles. The van der Waals surface area contributed by atoms with E-state index < -0.39 is 23.5 Å². The predicted molar refractivity (Wildman–Crippen MR) is 128 cm³/mol. The molecule has 2 N–H and O–H groups in total. The first kappa shape index (κ1) is 23.8. The van der Waals surface area contributed by atoms with Crippen molar-refractivity contribution in [2.45, 2.75) is 45.6 Å². The molecule has 7 heteroatoms. The largest absolute Gasteiger partial charge is 0.481 e. The number of likely N-dealkylation sites (tertiary alicyclic amines) is 1. The van der Waals surface area contributed by atoms with Gasteiger partial charge in [0.15, 0.2) is 0 Å². The molecule has 0 bridgehead atoms. The Bertz CT molecular complexity index is 1050. The van der Waals surface area contributed by atoms with Crippen molar-refractivity contribution < 1.29 is 24.2 Å². The highest BCUT2D eigenvalue weighted by molar-refractivity contribution is 5.85. The number of alkyl carbamates (subject to hydrolysis) is 1. The third kappa shape index (κ3) is 4.52. The van der Waals surface area contributed by atoms with Gasteiger partial charge in [0.1, 0.15) is 12.6 Å². The number of nitrogens with zero attached hydrogens (tertiary/aromatic N) is 1. The Labute approximate surface area is 200 Å². The second-order valence-electron chi connectivity index (χ2n) is 9.84. The van der Waals surface area contributed by atoms with Gasteiger partial charge in [-0.05, 0) is 61.8 Å². The highest BCUT2D eigenvalue weighted by atomic mass is 16.5. The molecule has 180 valence electrons. The first-order valence-electron chi connectivity index (χ1n) is 11.8. The molecule has 4 rings (SSSR count). The third-order valence-corrected chi connectivity index (χ3v) is 7.35. The SMILES string of the molecule is CC(NC(=O)OCC1c2ccccc2-c2ccccc21)C(=O)N1CCCC(C(C)(C)C(=O)O)C1. The standard InChI is InChI=1S/C27H32N2O5/c1-17(24(30)29-14-8-9-18(15-29)27(2,3)25(31)32)28-26(33)34-16-23-21-12-6-4-10-19(21)20-11-5-7-13-22(20)23/h4-7,10-13,17-18,23H,8-9,14-16H2,1-3H3,(H,28,33)(H,31,32). The Morgan fingerprint density at radius 3 is 2.26 bits per heavy atom. The number of hydrogen-bond acceptors (Lipinski definition) is 4. The average Bonchev–Trinajstić information content (AvgIpc) is 3.16. The summed E-state index contributed by atoms with van der Waals surface area (Å²) in [7, 11) is 0. The van der Waals surface area contributed by atoms with Crippen LogP contribution in [0.2, 0.25) is 0 Å². The Morgan fingerprint density at radius 2 is 1.68 bits per heavy atom. The van der Waals surface area contributed by atoms with Crippen molar-refractivity contribution in [1.29, 1.82) is 0 Å². The van der Waals surface area contributed by atoms with Crippen molar-refractivity contribution in [2.24, 2.45) is 11.3 Å². The second-order valence-corrected chi connectivity index (χ2v) is 9.84. The molecule has 1 fully saturated rings. The van der Waals surface area contributed by atoms with Crippen LogP contribution >= 0.6 is 0 Å². The van der Waals surface area contributed by atoms with Gasteiger partial charge in [0.05, 0.1) is 5.41 Å². The summed E-state index contributed by atoms with van der Waals surface area (Å²) in [4.78, 5) is 38.8. The van der Waals surface area contributed by atoms with Crippen LogP contribution in [-0.2, 0) is 14.3 Å². The van der Waals surface area contributed by atoms with Gasteiger partial charge in [-0.2, -0.15) is 0 Å². The van der Waals surface area contributed by atoms with E-state index in [0.29, 0.717) is 13.1 Å². The normalized spacial score (nSPS) is 18.6. The minimum Gasteiger partial charge on any atom is -0.481 e. The molecule has 34 heavy (non-hydrogen) atoms. The van der Waals surface area contributed by atoms with Crippen molar-refractivity contribution in [2.75, 3.05) is 19.7 Å². The van der Waals surface area contributed by atoms with Gasteiger partial charge in [0.25, 0.3) is 0 Å².